The second-order valence-electron chi connectivity index (χ2n) is 6.13. The quantitative estimate of drug-likeness (QED) is 0.862. The van der Waals surface area contributed by atoms with E-state index in [4.69, 9.17) is 9.47 Å². The van der Waals surface area contributed by atoms with Gasteiger partial charge in [-0.15, -0.1) is 0 Å². The van der Waals surface area contributed by atoms with Crippen LogP contribution in [0.2, 0.25) is 0 Å². The number of aliphatic carboxylic acids is 1. The Hall–Kier alpha value is -3.02. The molecule has 1 aliphatic heterocycles. The Kier molecular flexibility index (Phi) is 5.41. The van der Waals surface area contributed by atoms with Gasteiger partial charge in [-0.05, 0) is 36.6 Å². The van der Waals surface area contributed by atoms with E-state index in [9.17, 15) is 14.7 Å². The van der Waals surface area contributed by atoms with Gasteiger partial charge in [-0.2, -0.15) is 0 Å². The van der Waals surface area contributed by atoms with Gasteiger partial charge in [-0.1, -0.05) is 30.3 Å². The summed E-state index contributed by atoms with van der Waals surface area (Å²) in [5, 5.41) is 9.26. The molecule has 0 spiro atoms. The van der Waals surface area contributed by atoms with E-state index in [1.807, 2.05) is 30.3 Å². The lowest BCUT2D eigenvalue weighted by Crippen LogP contribution is -2.40. The number of carbonyl (C=O) groups is 2. The summed E-state index contributed by atoms with van der Waals surface area (Å²) in [6, 6.07) is 13.9. The highest BCUT2D eigenvalue weighted by molar-refractivity contribution is 5.97. The normalized spacial score (nSPS) is 16.3. The molecule has 0 radical (unpaired) electrons. The number of benzene rings is 2. The van der Waals surface area contributed by atoms with Gasteiger partial charge >= 0.3 is 5.97 Å². The molecule has 1 saturated heterocycles. The molecule has 1 amide bonds. The van der Waals surface area contributed by atoms with Crippen molar-refractivity contribution in [1.29, 1.82) is 0 Å². The summed E-state index contributed by atoms with van der Waals surface area (Å²) < 4.78 is 11.1. The minimum Gasteiger partial charge on any atom is -0.493 e. The molecule has 2 aromatic carbocycles. The number of carboxylic acid groups (broad SMARTS) is 1. The van der Waals surface area contributed by atoms with E-state index in [0.29, 0.717) is 43.1 Å². The average Bonchev–Trinajstić information content (AvgIpc) is 3.16. The summed E-state index contributed by atoms with van der Waals surface area (Å²) >= 11 is 0. The van der Waals surface area contributed by atoms with Crippen LogP contribution in [0.4, 0.5) is 0 Å². The van der Waals surface area contributed by atoms with Crippen LogP contribution in [0.15, 0.2) is 48.5 Å². The third kappa shape index (κ3) is 3.79. The molecule has 0 saturated carbocycles. The van der Waals surface area contributed by atoms with Crippen molar-refractivity contribution in [3.8, 4) is 11.5 Å². The molecule has 1 aliphatic rings. The van der Waals surface area contributed by atoms with Crippen LogP contribution in [0.1, 0.15) is 28.8 Å². The Balaban J connectivity index is 1.75. The number of hydrogen-bond acceptors (Lipinski definition) is 4. The topological polar surface area (TPSA) is 76.1 Å². The molecule has 3 rings (SSSR count). The van der Waals surface area contributed by atoms with Crippen LogP contribution in [-0.4, -0.2) is 41.6 Å². The van der Waals surface area contributed by atoms with Crippen molar-refractivity contribution in [2.75, 3.05) is 13.7 Å². The van der Waals surface area contributed by atoms with Crippen molar-refractivity contribution in [2.45, 2.75) is 25.5 Å². The first-order valence-corrected chi connectivity index (χ1v) is 8.48. The Morgan fingerprint density at radius 2 is 1.92 bits per heavy atom. The first kappa shape index (κ1) is 17.8. The molecule has 0 bridgehead atoms. The maximum atomic E-state index is 12.7. The van der Waals surface area contributed by atoms with E-state index < -0.39 is 12.0 Å². The van der Waals surface area contributed by atoms with Gasteiger partial charge in [0, 0.05) is 12.1 Å². The number of carboxylic acids is 1. The lowest BCUT2D eigenvalue weighted by Gasteiger charge is -2.22. The van der Waals surface area contributed by atoms with E-state index in [-0.39, 0.29) is 5.91 Å². The third-order valence-electron chi connectivity index (χ3n) is 4.45. The van der Waals surface area contributed by atoms with Gasteiger partial charge in [-0.3, -0.25) is 4.79 Å². The SMILES string of the molecule is COc1cc(C(=O)N2CCC[C@@H]2C(=O)O)ccc1OCc1ccccc1. The molecular formula is C20H21NO5. The van der Waals surface area contributed by atoms with Crippen LogP contribution in [-0.2, 0) is 11.4 Å². The summed E-state index contributed by atoms with van der Waals surface area (Å²) in [6.07, 6.45) is 1.18. The molecular weight excluding hydrogens is 334 g/mol. The Labute approximate surface area is 152 Å². The summed E-state index contributed by atoms with van der Waals surface area (Å²) in [6.45, 7) is 0.835. The first-order chi connectivity index (χ1) is 12.6. The zero-order valence-corrected chi connectivity index (χ0v) is 14.6. The van der Waals surface area contributed by atoms with Gasteiger partial charge in [0.1, 0.15) is 12.6 Å². The van der Waals surface area contributed by atoms with Gasteiger partial charge in [0.15, 0.2) is 11.5 Å². The van der Waals surface area contributed by atoms with E-state index in [2.05, 4.69) is 0 Å². The molecule has 2 aromatic rings. The number of amides is 1. The van der Waals surface area contributed by atoms with Gasteiger partial charge in [-0.25, -0.2) is 4.79 Å². The van der Waals surface area contributed by atoms with Gasteiger partial charge in [0.05, 0.1) is 7.11 Å². The molecule has 0 unspecified atom stereocenters. The smallest absolute Gasteiger partial charge is 0.326 e. The van der Waals surface area contributed by atoms with Crippen LogP contribution in [0.25, 0.3) is 0 Å². The fourth-order valence-corrected chi connectivity index (χ4v) is 3.09. The maximum absolute atomic E-state index is 12.7. The zero-order valence-electron chi connectivity index (χ0n) is 14.6. The number of nitrogens with zero attached hydrogens (tertiary/aromatic N) is 1. The number of carbonyl (C=O) groups excluding carboxylic acids is 1. The van der Waals surface area contributed by atoms with E-state index in [1.54, 1.807) is 18.2 Å². The lowest BCUT2D eigenvalue weighted by molar-refractivity contribution is -0.141. The number of methoxy groups -OCH3 is 1. The second-order valence-corrected chi connectivity index (χ2v) is 6.13. The molecule has 6 nitrogen and oxygen atoms in total. The lowest BCUT2D eigenvalue weighted by atomic mass is 10.1. The predicted octanol–water partition coefficient (Wildman–Crippen LogP) is 2.96. The highest BCUT2D eigenvalue weighted by Gasteiger charge is 2.34. The number of ether oxygens (including phenoxy) is 2. The minimum atomic E-state index is -0.967. The predicted molar refractivity (Wildman–Crippen MR) is 95.5 cm³/mol. The first-order valence-electron chi connectivity index (χ1n) is 8.48. The van der Waals surface area contributed by atoms with Crippen molar-refractivity contribution >= 4 is 11.9 Å². The fourth-order valence-electron chi connectivity index (χ4n) is 3.09. The van der Waals surface area contributed by atoms with Gasteiger partial charge < -0.3 is 19.5 Å². The molecule has 1 atom stereocenters. The number of rotatable bonds is 6. The Morgan fingerprint density at radius 3 is 2.62 bits per heavy atom. The van der Waals surface area contributed by atoms with Crippen LogP contribution in [0.5, 0.6) is 11.5 Å². The molecule has 0 aliphatic carbocycles. The van der Waals surface area contributed by atoms with Crippen LogP contribution in [0.3, 0.4) is 0 Å². The van der Waals surface area contributed by atoms with Crippen LogP contribution >= 0.6 is 0 Å². The summed E-state index contributed by atoms with van der Waals surface area (Å²) in [5.74, 6) is -0.296. The standard InChI is InChI=1S/C20H21NO5/c1-25-18-12-15(19(22)21-11-5-8-16(21)20(23)24)9-10-17(18)26-13-14-6-3-2-4-7-14/h2-4,6-7,9-10,12,16H,5,8,11,13H2,1H3,(H,23,24)/t16-/m1/s1. The van der Waals surface area contributed by atoms with Crippen LogP contribution in [0, 0.1) is 0 Å². The minimum absolute atomic E-state index is 0.303. The monoisotopic (exact) mass is 355 g/mol. The zero-order chi connectivity index (χ0) is 18.5. The highest BCUT2D eigenvalue weighted by atomic mass is 16.5. The van der Waals surface area contributed by atoms with E-state index in [0.717, 1.165) is 5.56 Å². The third-order valence-corrected chi connectivity index (χ3v) is 4.45. The average molecular weight is 355 g/mol. The highest BCUT2D eigenvalue weighted by Crippen LogP contribution is 2.30. The summed E-state index contributed by atoms with van der Waals surface area (Å²) in [7, 11) is 1.51. The molecule has 26 heavy (non-hydrogen) atoms. The van der Waals surface area contributed by atoms with Gasteiger partial charge in [0.2, 0.25) is 0 Å². The van der Waals surface area contributed by atoms with Crippen molar-refractivity contribution in [1.82, 2.24) is 4.90 Å². The van der Waals surface area contributed by atoms with Crippen LogP contribution < -0.4 is 9.47 Å². The van der Waals surface area contributed by atoms with Crippen molar-refractivity contribution in [3.05, 3.63) is 59.7 Å². The van der Waals surface area contributed by atoms with E-state index in [1.165, 1.54) is 12.0 Å². The molecule has 1 N–H and O–H groups in total. The second kappa shape index (κ2) is 7.91. The molecule has 6 heteroatoms. The molecule has 0 aromatic heterocycles. The largest absolute Gasteiger partial charge is 0.493 e. The van der Waals surface area contributed by atoms with Gasteiger partial charge in [0.25, 0.3) is 5.91 Å². The fraction of sp³-hybridized carbons (Fsp3) is 0.300. The van der Waals surface area contributed by atoms with Crippen molar-refractivity contribution < 1.29 is 24.2 Å². The van der Waals surface area contributed by atoms with Crippen molar-refractivity contribution in [2.24, 2.45) is 0 Å². The van der Waals surface area contributed by atoms with Crippen molar-refractivity contribution in [3.63, 3.8) is 0 Å². The Bertz CT molecular complexity index is 790. The molecule has 1 heterocycles. The molecule has 1 fully saturated rings. The summed E-state index contributed by atoms with van der Waals surface area (Å²) in [4.78, 5) is 25.4. The number of hydrogen-bond donors (Lipinski definition) is 1. The molecule has 136 valence electrons. The maximum Gasteiger partial charge on any atom is 0.326 e. The Morgan fingerprint density at radius 1 is 1.15 bits per heavy atom. The van der Waals surface area contributed by atoms with E-state index >= 15 is 0 Å². The number of likely N-dealkylation sites (tertiary alicyclic amines) is 1. The summed E-state index contributed by atoms with van der Waals surface area (Å²) in [5.41, 5.74) is 1.41.